The van der Waals surface area contributed by atoms with E-state index in [-0.39, 0.29) is 17.3 Å². The van der Waals surface area contributed by atoms with Gasteiger partial charge < -0.3 is 15.4 Å². The highest BCUT2D eigenvalue weighted by Gasteiger charge is 2.55. The minimum atomic E-state index is -1.76. The van der Waals surface area contributed by atoms with Crippen molar-refractivity contribution < 1.29 is 19.1 Å². The van der Waals surface area contributed by atoms with Crippen LogP contribution in [0.5, 0.6) is 0 Å². The number of hydrogen-bond donors (Lipinski definition) is 2. The molecule has 0 bridgehead atoms. The van der Waals surface area contributed by atoms with Gasteiger partial charge in [0.05, 0.1) is 13.2 Å². The third kappa shape index (κ3) is 2.31. The summed E-state index contributed by atoms with van der Waals surface area (Å²) in [6, 6.07) is 1.70. The van der Waals surface area contributed by atoms with Crippen LogP contribution in [0.25, 0.3) is 0 Å². The summed E-state index contributed by atoms with van der Waals surface area (Å²) in [7, 11) is 1.11. The van der Waals surface area contributed by atoms with Gasteiger partial charge in [-0.15, -0.1) is 0 Å². The number of nitrogens with zero attached hydrogens (tertiary/aromatic N) is 1. The van der Waals surface area contributed by atoms with Crippen LogP contribution < -0.4 is 10.6 Å². The van der Waals surface area contributed by atoms with Gasteiger partial charge in [-0.25, -0.2) is 4.79 Å². The summed E-state index contributed by atoms with van der Waals surface area (Å²) < 4.78 is 4.58. The van der Waals surface area contributed by atoms with E-state index in [1.54, 1.807) is 6.07 Å². The molecule has 0 aromatic heterocycles. The van der Waals surface area contributed by atoms with Crippen LogP contribution in [0.3, 0.4) is 0 Å². The van der Waals surface area contributed by atoms with E-state index in [9.17, 15) is 14.4 Å². The second-order valence-electron chi connectivity index (χ2n) is 3.85. The molecule has 0 aromatic carbocycles. The number of rotatable bonds is 3. The van der Waals surface area contributed by atoms with Crippen molar-refractivity contribution in [3.8, 4) is 6.07 Å². The molecule has 18 heavy (non-hydrogen) atoms. The maximum absolute atomic E-state index is 11.9. The Morgan fingerprint density at radius 2 is 2.22 bits per heavy atom. The lowest BCUT2D eigenvalue weighted by Gasteiger charge is -2.38. The Labute approximate surface area is 108 Å². The molecule has 1 fully saturated rings. The fraction of sp³-hybridized carbons (Fsp3) is 0.500. The number of methoxy groups -OCH3 is 1. The second-order valence-corrected chi connectivity index (χ2v) is 4.26. The Bertz CT molecular complexity index is 466. The van der Waals surface area contributed by atoms with Crippen LogP contribution in [0, 0.1) is 17.2 Å². The zero-order valence-electron chi connectivity index (χ0n) is 9.77. The molecular weight excluding hydrogens is 258 g/mol. The standard InChI is InChI=1S/C10H11N3O4S/c1-5(14)3-10(8(16)17-2)6(4-11)7(15)12-9(18)13-10/h6H,3H2,1-2H3,(H2,12,13,15,18). The molecule has 2 atom stereocenters. The van der Waals surface area contributed by atoms with Gasteiger partial charge in [-0.2, -0.15) is 5.26 Å². The van der Waals surface area contributed by atoms with Gasteiger partial charge >= 0.3 is 5.97 Å². The molecule has 8 heteroatoms. The van der Waals surface area contributed by atoms with Crippen molar-refractivity contribution in [1.82, 2.24) is 10.6 Å². The predicted molar refractivity (Wildman–Crippen MR) is 63.0 cm³/mol. The van der Waals surface area contributed by atoms with Gasteiger partial charge in [0.15, 0.2) is 16.6 Å². The summed E-state index contributed by atoms with van der Waals surface area (Å²) >= 11 is 4.78. The van der Waals surface area contributed by atoms with Crippen molar-refractivity contribution >= 4 is 35.0 Å². The minimum Gasteiger partial charge on any atom is -0.467 e. The number of carbonyl (C=O) groups is 3. The van der Waals surface area contributed by atoms with Crippen LogP contribution in [-0.4, -0.2) is 35.4 Å². The van der Waals surface area contributed by atoms with Crippen LogP contribution in [-0.2, 0) is 19.1 Å². The number of Topliss-reactive ketones (excluding diaryl/α,β-unsaturated/α-hetero) is 1. The third-order valence-corrected chi connectivity index (χ3v) is 2.74. The molecule has 0 radical (unpaired) electrons. The normalized spacial score (nSPS) is 26.6. The topological polar surface area (TPSA) is 108 Å². The molecular formula is C10H11N3O4S. The van der Waals surface area contributed by atoms with Gasteiger partial charge in [0.2, 0.25) is 5.91 Å². The number of ketones is 1. The molecule has 1 heterocycles. The molecule has 96 valence electrons. The molecule has 2 N–H and O–H groups in total. The van der Waals surface area contributed by atoms with E-state index in [0.29, 0.717) is 0 Å². The lowest BCUT2D eigenvalue weighted by molar-refractivity contribution is -0.154. The first-order chi connectivity index (χ1) is 8.37. The highest BCUT2D eigenvalue weighted by molar-refractivity contribution is 7.80. The molecule has 0 saturated carbocycles. The lowest BCUT2D eigenvalue weighted by Crippen LogP contribution is -2.70. The lowest BCUT2D eigenvalue weighted by atomic mass is 9.78. The highest BCUT2D eigenvalue weighted by Crippen LogP contribution is 2.26. The number of hydrogen-bond acceptors (Lipinski definition) is 6. The third-order valence-electron chi connectivity index (χ3n) is 2.53. The molecule has 1 saturated heterocycles. The first kappa shape index (κ1) is 14.1. The molecule has 0 spiro atoms. The van der Waals surface area contributed by atoms with Crippen molar-refractivity contribution in [2.24, 2.45) is 5.92 Å². The average molecular weight is 269 g/mol. The first-order valence-corrected chi connectivity index (χ1v) is 5.38. The predicted octanol–water partition coefficient (Wildman–Crippen LogP) is -0.979. The highest BCUT2D eigenvalue weighted by atomic mass is 32.1. The number of thiocarbonyl (C=S) groups is 1. The maximum atomic E-state index is 11.9. The molecule has 1 rings (SSSR count). The molecule has 0 aliphatic carbocycles. The van der Waals surface area contributed by atoms with Crippen molar-refractivity contribution in [2.75, 3.05) is 7.11 Å². The number of esters is 1. The monoisotopic (exact) mass is 269 g/mol. The first-order valence-electron chi connectivity index (χ1n) is 4.98. The zero-order valence-corrected chi connectivity index (χ0v) is 10.6. The van der Waals surface area contributed by atoms with Crippen molar-refractivity contribution in [3.63, 3.8) is 0 Å². The van der Waals surface area contributed by atoms with Crippen LogP contribution in [0.15, 0.2) is 0 Å². The number of ether oxygens (including phenoxy) is 1. The summed E-state index contributed by atoms with van der Waals surface area (Å²) in [6.45, 7) is 1.25. The summed E-state index contributed by atoms with van der Waals surface area (Å²) in [5.74, 6) is -3.36. The minimum absolute atomic E-state index is 0.113. The van der Waals surface area contributed by atoms with Gasteiger partial charge in [-0.1, -0.05) is 0 Å². The van der Waals surface area contributed by atoms with Gasteiger partial charge in [-0.3, -0.25) is 9.59 Å². The van der Waals surface area contributed by atoms with Gasteiger partial charge in [-0.05, 0) is 19.1 Å². The van der Waals surface area contributed by atoms with Crippen LogP contribution in [0.1, 0.15) is 13.3 Å². The van der Waals surface area contributed by atoms with Crippen molar-refractivity contribution in [1.29, 1.82) is 5.26 Å². The fourth-order valence-electron chi connectivity index (χ4n) is 1.84. The summed E-state index contributed by atoms with van der Waals surface area (Å²) in [5.41, 5.74) is -1.76. The number of nitrogens with one attached hydrogen (secondary N) is 2. The molecule has 2 unspecified atom stereocenters. The van der Waals surface area contributed by atoms with Crippen LogP contribution >= 0.6 is 12.2 Å². The number of amides is 1. The van der Waals surface area contributed by atoms with Crippen LogP contribution in [0.2, 0.25) is 0 Å². The van der Waals surface area contributed by atoms with Crippen LogP contribution in [0.4, 0.5) is 0 Å². The van der Waals surface area contributed by atoms with E-state index >= 15 is 0 Å². The quantitative estimate of drug-likeness (QED) is 0.500. The molecule has 0 aromatic rings. The van der Waals surface area contributed by atoms with Crippen molar-refractivity contribution in [3.05, 3.63) is 0 Å². The van der Waals surface area contributed by atoms with Gasteiger partial charge in [0.25, 0.3) is 0 Å². The van der Waals surface area contributed by atoms with E-state index < -0.39 is 23.3 Å². The Hall–Kier alpha value is -2.01. The largest absolute Gasteiger partial charge is 0.467 e. The average Bonchev–Trinajstić information content (AvgIpc) is 2.26. The van der Waals surface area contributed by atoms with Gasteiger partial charge in [0, 0.05) is 6.42 Å². The molecule has 7 nitrogen and oxygen atoms in total. The molecule has 1 aliphatic rings. The van der Waals surface area contributed by atoms with E-state index in [1.807, 2.05) is 0 Å². The molecule has 1 aliphatic heterocycles. The summed E-state index contributed by atoms with van der Waals surface area (Å²) in [4.78, 5) is 34.8. The Balaban J connectivity index is 3.31. The second kappa shape index (κ2) is 5.10. The number of nitriles is 1. The van der Waals surface area contributed by atoms with E-state index in [2.05, 4.69) is 15.4 Å². The SMILES string of the molecule is COC(=O)C1(CC(C)=O)NC(=S)NC(=O)C1C#N. The Morgan fingerprint density at radius 1 is 1.61 bits per heavy atom. The van der Waals surface area contributed by atoms with E-state index in [0.717, 1.165) is 7.11 Å². The summed E-state index contributed by atoms with van der Waals surface area (Å²) in [6.07, 6.45) is -0.356. The Morgan fingerprint density at radius 3 is 2.67 bits per heavy atom. The van der Waals surface area contributed by atoms with Crippen molar-refractivity contribution in [2.45, 2.75) is 18.9 Å². The van der Waals surface area contributed by atoms with E-state index in [4.69, 9.17) is 17.5 Å². The van der Waals surface area contributed by atoms with Gasteiger partial charge in [0.1, 0.15) is 5.78 Å². The maximum Gasteiger partial charge on any atom is 0.333 e. The fourth-order valence-corrected chi connectivity index (χ4v) is 2.13. The summed E-state index contributed by atoms with van der Waals surface area (Å²) in [5, 5.41) is 13.7. The number of carbonyl (C=O) groups excluding carboxylic acids is 3. The Kier molecular flexibility index (Phi) is 3.98. The zero-order chi connectivity index (χ0) is 13.9. The molecule has 1 amide bonds. The van der Waals surface area contributed by atoms with E-state index in [1.165, 1.54) is 6.92 Å². The smallest absolute Gasteiger partial charge is 0.333 e.